The van der Waals surface area contributed by atoms with Gasteiger partial charge in [-0.1, -0.05) is 56.6 Å². The van der Waals surface area contributed by atoms with E-state index in [1.54, 1.807) is 12.1 Å². The first kappa shape index (κ1) is 20.6. The van der Waals surface area contributed by atoms with Gasteiger partial charge in [0.25, 0.3) is 11.8 Å². The van der Waals surface area contributed by atoms with E-state index in [2.05, 4.69) is 26.1 Å². The summed E-state index contributed by atoms with van der Waals surface area (Å²) in [7, 11) is 0. The molecule has 0 atom stereocenters. The topological polar surface area (TPSA) is 61.8 Å². The summed E-state index contributed by atoms with van der Waals surface area (Å²) in [5, 5.41) is 3.61. The third kappa shape index (κ3) is 3.99. The monoisotopic (exact) mass is 423 g/mol. The highest BCUT2D eigenvalue weighted by atomic mass is 35.5. The van der Waals surface area contributed by atoms with Gasteiger partial charge in [-0.25, -0.2) is 0 Å². The number of hydrogen-bond donors (Lipinski definition) is 1. The first-order chi connectivity index (χ1) is 14.2. The van der Waals surface area contributed by atoms with Gasteiger partial charge >= 0.3 is 0 Å². The smallest absolute Gasteiger partial charge is 0.272 e. The van der Waals surface area contributed by atoms with Crippen molar-refractivity contribution in [1.82, 2.24) is 10.2 Å². The third-order valence-electron chi connectivity index (χ3n) is 5.86. The maximum absolute atomic E-state index is 12.9. The summed E-state index contributed by atoms with van der Waals surface area (Å²) in [5.74, 6) is -0.163. The Bertz CT molecular complexity index is 1010. The summed E-state index contributed by atoms with van der Waals surface area (Å²) in [4.78, 5) is 32.1. The first-order valence-electron chi connectivity index (χ1n) is 10.3. The van der Waals surface area contributed by atoms with Gasteiger partial charge in [0.05, 0.1) is 0 Å². The van der Waals surface area contributed by atoms with Crippen molar-refractivity contribution in [3.8, 4) is 0 Å². The van der Waals surface area contributed by atoms with Crippen molar-refractivity contribution in [2.24, 2.45) is 4.99 Å². The second-order valence-electron chi connectivity index (χ2n) is 9.08. The Kier molecular flexibility index (Phi) is 5.18. The minimum absolute atomic E-state index is 0.0219. The van der Waals surface area contributed by atoms with Crippen LogP contribution in [0.5, 0.6) is 0 Å². The average Bonchev–Trinajstić information content (AvgIpc) is 3.03. The molecule has 2 aromatic carbocycles. The molecule has 0 aromatic heterocycles. The fraction of sp³-hybridized carbons (Fsp3) is 0.375. The van der Waals surface area contributed by atoms with E-state index in [1.165, 1.54) is 5.56 Å². The molecule has 0 saturated carbocycles. The van der Waals surface area contributed by atoms with Crippen LogP contribution in [0.25, 0.3) is 0 Å². The molecule has 6 heteroatoms. The van der Waals surface area contributed by atoms with E-state index in [-0.39, 0.29) is 17.2 Å². The van der Waals surface area contributed by atoms with Crippen LogP contribution in [0.4, 0.5) is 0 Å². The molecule has 4 rings (SSSR count). The molecule has 1 saturated heterocycles. The SMILES string of the molecule is CC(C)(C)c1ccc(C(=O)N2CCC3(CC2)N=C(c2cccc(Cl)c2)C(=O)N3)cc1. The van der Waals surface area contributed by atoms with Gasteiger partial charge in [-0.05, 0) is 35.2 Å². The zero-order valence-corrected chi connectivity index (χ0v) is 18.3. The summed E-state index contributed by atoms with van der Waals surface area (Å²) < 4.78 is 0. The molecule has 1 N–H and O–H groups in total. The number of nitrogens with one attached hydrogen (secondary N) is 1. The lowest BCUT2D eigenvalue weighted by atomic mass is 9.86. The third-order valence-corrected chi connectivity index (χ3v) is 6.10. The predicted molar refractivity (Wildman–Crippen MR) is 119 cm³/mol. The van der Waals surface area contributed by atoms with E-state index in [0.29, 0.717) is 47.8 Å². The number of likely N-dealkylation sites (tertiary alicyclic amines) is 1. The Hall–Kier alpha value is -2.66. The number of carbonyl (C=O) groups excluding carboxylic acids is 2. The standard InChI is InChI=1S/C24H26ClN3O2/c1-23(2,3)18-9-7-16(8-10-18)22(30)28-13-11-24(12-14-28)26-20(21(29)27-24)17-5-4-6-19(25)15-17/h4-10,15H,11-14H2,1-3H3,(H,27,29). The molecular weight excluding hydrogens is 398 g/mol. The van der Waals surface area contributed by atoms with E-state index in [1.807, 2.05) is 41.3 Å². The van der Waals surface area contributed by atoms with Crippen LogP contribution in [0.15, 0.2) is 53.5 Å². The van der Waals surface area contributed by atoms with Crippen molar-refractivity contribution < 1.29 is 9.59 Å². The van der Waals surface area contributed by atoms with Crippen molar-refractivity contribution in [2.75, 3.05) is 13.1 Å². The molecule has 2 aromatic rings. The Labute approximate surface area is 182 Å². The molecule has 156 valence electrons. The number of amides is 2. The molecule has 0 unspecified atom stereocenters. The molecule has 2 aliphatic heterocycles. The van der Waals surface area contributed by atoms with Crippen molar-refractivity contribution in [2.45, 2.75) is 44.7 Å². The van der Waals surface area contributed by atoms with Crippen LogP contribution in [0.2, 0.25) is 5.02 Å². The van der Waals surface area contributed by atoms with E-state index in [9.17, 15) is 9.59 Å². The molecule has 1 fully saturated rings. The quantitative estimate of drug-likeness (QED) is 0.787. The van der Waals surface area contributed by atoms with Crippen LogP contribution < -0.4 is 5.32 Å². The largest absolute Gasteiger partial charge is 0.338 e. The lowest BCUT2D eigenvalue weighted by Gasteiger charge is -2.37. The van der Waals surface area contributed by atoms with E-state index in [4.69, 9.17) is 16.6 Å². The van der Waals surface area contributed by atoms with Gasteiger partial charge in [0.2, 0.25) is 0 Å². The summed E-state index contributed by atoms with van der Waals surface area (Å²) in [5.41, 5.74) is 2.44. The zero-order valence-electron chi connectivity index (χ0n) is 17.5. The van der Waals surface area contributed by atoms with E-state index >= 15 is 0 Å². The minimum atomic E-state index is -0.637. The van der Waals surface area contributed by atoms with E-state index < -0.39 is 5.66 Å². The van der Waals surface area contributed by atoms with Crippen LogP contribution in [-0.2, 0) is 10.2 Å². The van der Waals surface area contributed by atoms with Crippen LogP contribution in [0, 0.1) is 0 Å². The highest BCUT2D eigenvalue weighted by molar-refractivity contribution is 6.47. The van der Waals surface area contributed by atoms with Crippen molar-refractivity contribution in [3.05, 3.63) is 70.2 Å². The molecule has 0 aliphatic carbocycles. The average molecular weight is 424 g/mol. The highest BCUT2D eigenvalue weighted by Crippen LogP contribution is 2.30. The van der Waals surface area contributed by atoms with Crippen LogP contribution in [0.3, 0.4) is 0 Å². The van der Waals surface area contributed by atoms with Crippen molar-refractivity contribution >= 4 is 29.1 Å². The van der Waals surface area contributed by atoms with Crippen molar-refractivity contribution in [3.63, 3.8) is 0 Å². The van der Waals surface area contributed by atoms with Gasteiger partial charge in [0.1, 0.15) is 11.4 Å². The number of benzene rings is 2. The van der Waals surface area contributed by atoms with Gasteiger partial charge in [0.15, 0.2) is 0 Å². The molecule has 2 amide bonds. The maximum Gasteiger partial charge on any atom is 0.272 e. The van der Waals surface area contributed by atoms with Crippen LogP contribution >= 0.6 is 11.6 Å². The lowest BCUT2D eigenvalue weighted by Crippen LogP contribution is -2.52. The summed E-state index contributed by atoms with van der Waals surface area (Å²) in [6.07, 6.45) is 1.18. The second-order valence-corrected chi connectivity index (χ2v) is 9.51. The molecule has 5 nitrogen and oxygen atoms in total. The van der Waals surface area contributed by atoms with Crippen LogP contribution in [0.1, 0.15) is 55.1 Å². The van der Waals surface area contributed by atoms with Gasteiger partial charge in [-0.15, -0.1) is 0 Å². The van der Waals surface area contributed by atoms with Gasteiger partial charge < -0.3 is 10.2 Å². The molecule has 2 heterocycles. The fourth-order valence-electron chi connectivity index (χ4n) is 4.01. The number of hydrogen-bond acceptors (Lipinski definition) is 3. The Balaban J connectivity index is 1.46. The van der Waals surface area contributed by atoms with Gasteiger partial charge in [-0.2, -0.15) is 0 Å². The minimum Gasteiger partial charge on any atom is -0.338 e. The number of rotatable bonds is 2. The Morgan fingerprint density at radius 3 is 2.37 bits per heavy atom. The molecular formula is C24H26ClN3O2. The number of carbonyl (C=O) groups is 2. The summed E-state index contributed by atoms with van der Waals surface area (Å²) >= 11 is 6.06. The Morgan fingerprint density at radius 1 is 1.10 bits per heavy atom. The normalized spacial score (nSPS) is 18.3. The first-order valence-corrected chi connectivity index (χ1v) is 10.6. The highest BCUT2D eigenvalue weighted by Gasteiger charge is 2.43. The Morgan fingerprint density at radius 2 is 1.77 bits per heavy atom. The lowest BCUT2D eigenvalue weighted by molar-refractivity contribution is -0.115. The predicted octanol–water partition coefficient (Wildman–Crippen LogP) is 4.19. The zero-order chi connectivity index (χ0) is 21.5. The molecule has 30 heavy (non-hydrogen) atoms. The number of piperidine rings is 1. The van der Waals surface area contributed by atoms with Gasteiger partial charge in [-0.3, -0.25) is 14.6 Å². The summed E-state index contributed by atoms with van der Waals surface area (Å²) in [6, 6.07) is 15.0. The van der Waals surface area contributed by atoms with E-state index in [0.717, 1.165) is 0 Å². The number of nitrogens with zero attached hydrogens (tertiary/aromatic N) is 2. The number of halogens is 1. The molecule has 2 aliphatic rings. The molecule has 0 radical (unpaired) electrons. The summed E-state index contributed by atoms with van der Waals surface area (Å²) in [6.45, 7) is 7.56. The van der Waals surface area contributed by atoms with Gasteiger partial charge in [0, 0.05) is 42.1 Å². The van der Waals surface area contributed by atoms with Crippen LogP contribution in [-0.4, -0.2) is 41.2 Å². The maximum atomic E-state index is 12.9. The number of aliphatic imine (C=N–C) groups is 1. The second kappa shape index (κ2) is 7.55. The van der Waals surface area contributed by atoms with Crippen molar-refractivity contribution in [1.29, 1.82) is 0 Å². The molecule has 0 bridgehead atoms. The molecule has 1 spiro atoms. The fourth-order valence-corrected chi connectivity index (χ4v) is 4.20.